The number of hydrogen-bond donors (Lipinski definition) is 2. The molecular formula is C14H28N2O. The van der Waals surface area contributed by atoms with Crippen molar-refractivity contribution in [2.24, 2.45) is 17.6 Å². The average Bonchev–Trinajstić information content (AvgIpc) is 2.59. The third kappa shape index (κ3) is 4.66. The number of nitrogens with one attached hydrogen (secondary N) is 1. The van der Waals surface area contributed by atoms with Crippen molar-refractivity contribution >= 4 is 5.91 Å². The van der Waals surface area contributed by atoms with Crippen molar-refractivity contribution in [1.82, 2.24) is 5.32 Å². The average molecular weight is 240 g/mol. The molecule has 2 atom stereocenters. The lowest BCUT2D eigenvalue weighted by atomic mass is 9.92. The van der Waals surface area contributed by atoms with Gasteiger partial charge in [0.05, 0.1) is 0 Å². The molecule has 1 aliphatic rings. The first-order chi connectivity index (χ1) is 8.19. The van der Waals surface area contributed by atoms with Gasteiger partial charge in [-0.2, -0.15) is 0 Å². The molecule has 0 radical (unpaired) electrons. The molecule has 1 fully saturated rings. The third-order valence-corrected chi connectivity index (χ3v) is 4.12. The minimum Gasteiger partial charge on any atom is -0.353 e. The van der Waals surface area contributed by atoms with Crippen molar-refractivity contribution < 1.29 is 4.79 Å². The van der Waals surface area contributed by atoms with Gasteiger partial charge in [0, 0.05) is 18.5 Å². The Balaban J connectivity index is 2.40. The van der Waals surface area contributed by atoms with Crippen LogP contribution < -0.4 is 11.1 Å². The van der Waals surface area contributed by atoms with Crippen LogP contribution in [0.3, 0.4) is 0 Å². The summed E-state index contributed by atoms with van der Waals surface area (Å²) in [5.41, 5.74) is 5.60. The third-order valence-electron chi connectivity index (χ3n) is 4.12. The predicted molar refractivity (Wildman–Crippen MR) is 71.6 cm³/mol. The molecule has 1 rings (SSSR count). The minimum absolute atomic E-state index is 0.0109. The lowest BCUT2D eigenvalue weighted by molar-refractivity contribution is -0.125. The molecule has 1 amide bonds. The molecule has 0 aromatic rings. The van der Waals surface area contributed by atoms with Crippen LogP contribution in [0.1, 0.15) is 58.8 Å². The van der Waals surface area contributed by atoms with Crippen LogP contribution >= 0.6 is 0 Å². The molecular weight excluding hydrogens is 212 g/mol. The van der Waals surface area contributed by atoms with Gasteiger partial charge in [0.2, 0.25) is 5.91 Å². The smallest absolute Gasteiger partial charge is 0.224 e. The SMILES string of the molecule is CCC(CN)C(=O)N[C@@H](C)C1CCCCCC1. The second-order valence-corrected chi connectivity index (χ2v) is 5.39. The fraction of sp³-hybridized carbons (Fsp3) is 0.929. The van der Waals surface area contributed by atoms with Gasteiger partial charge in [-0.05, 0) is 32.1 Å². The van der Waals surface area contributed by atoms with Crippen LogP contribution in [0.4, 0.5) is 0 Å². The Bertz CT molecular complexity index is 218. The van der Waals surface area contributed by atoms with E-state index >= 15 is 0 Å². The summed E-state index contributed by atoms with van der Waals surface area (Å²) >= 11 is 0. The maximum Gasteiger partial charge on any atom is 0.224 e. The minimum atomic E-state index is -0.0109. The van der Waals surface area contributed by atoms with Gasteiger partial charge in [-0.3, -0.25) is 4.79 Å². The second-order valence-electron chi connectivity index (χ2n) is 5.39. The zero-order chi connectivity index (χ0) is 12.7. The lowest BCUT2D eigenvalue weighted by Crippen LogP contribution is -2.43. The highest BCUT2D eigenvalue weighted by atomic mass is 16.1. The fourth-order valence-corrected chi connectivity index (χ4v) is 2.73. The van der Waals surface area contributed by atoms with Crippen molar-refractivity contribution in [3.8, 4) is 0 Å². The van der Waals surface area contributed by atoms with Crippen molar-refractivity contribution in [3.05, 3.63) is 0 Å². The van der Waals surface area contributed by atoms with E-state index in [9.17, 15) is 4.79 Å². The second kappa shape index (κ2) is 7.70. The molecule has 0 spiro atoms. The molecule has 1 saturated carbocycles. The Morgan fingerprint density at radius 1 is 1.29 bits per heavy atom. The van der Waals surface area contributed by atoms with Crippen LogP contribution in [0.25, 0.3) is 0 Å². The van der Waals surface area contributed by atoms with E-state index in [4.69, 9.17) is 5.73 Å². The molecule has 3 heteroatoms. The number of rotatable bonds is 5. The Kier molecular flexibility index (Phi) is 6.56. The zero-order valence-electron chi connectivity index (χ0n) is 11.4. The molecule has 0 aromatic carbocycles. The van der Waals surface area contributed by atoms with Gasteiger partial charge in [0.15, 0.2) is 0 Å². The van der Waals surface area contributed by atoms with Crippen molar-refractivity contribution in [1.29, 1.82) is 0 Å². The van der Waals surface area contributed by atoms with E-state index in [1.165, 1.54) is 38.5 Å². The number of carbonyl (C=O) groups excluding carboxylic acids is 1. The van der Waals surface area contributed by atoms with Crippen molar-refractivity contribution in [2.45, 2.75) is 64.8 Å². The van der Waals surface area contributed by atoms with Gasteiger partial charge in [0.25, 0.3) is 0 Å². The first kappa shape index (κ1) is 14.5. The van der Waals surface area contributed by atoms with E-state index in [0.717, 1.165) is 6.42 Å². The lowest BCUT2D eigenvalue weighted by Gasteiger charge is -2.25. The fourth-order valence-electron chi connectivity index (χ4n) is 2.73. The van der Waals surface area contributed by atoms with E-state index < -0.39 is 0 Å². The number of hydrogen-bond acceptors (Lipinski definition) is 2. The summed E-state index contributed by atoms with van der Waals surface area (Å²) in [7, 11) is 0. The van der Waals surface area contributed by atoms with Crippen LogP contribution in [0, 0.1) is 11.8 Å². The van der Waals surface area contributed by atoms with Crippen molar-refractivity contribution in [2.75, 3.05) is 6.54 Å². The van der Waals surface area contributed by atoms with Gasteiger partial charge >= 0.3 is 0 Å². The zero-order valence-corrected chi connectivity index (χ0v) is 11.4. The summed E-state index contributed by atoms with van der Waals surface area (Å²) in [4.78, 5) is 12.0. The molecule has 17 heavy (non-hydrogen) atoms. The van der Waals surface area contributed by atoms with Crippen LogP contribution in [0.5, 0.6) is 0 Å². The van der Waals surface area contributed by atoms with E-state index in [1.54, 1.807) is 0 Å². The summed E-state index contributed by atoms with van der Waals surface area (Å²) in [6.07, 6.45) is 8.72. The van der Waals surface area contributed by atoms with Gasteiger partial charge in [-0.25, -0.2) is 0 Å². The van der Waals surface area contributed by atoms with Gasteiger partial charge in [-0.1, -0.05) is 32.6 Å². The number of carbonyl (C=O) groups is 1. The molecule has 100 valence electrons. The first-order valence-electron chi connectivity index (χ1n) is 7.19. The van der Waals surface area contributed by atoms with Crippen molar-refractivity contribution in [3.63, 3.8) is 0 Å². The van der Waals surface area contributed by atoms with Gasteiger partial charge < -0.3 is 11.1 Å². The first-order valence-corrected chi connectivity index (χ1v) is 7.19. The standard InChI is InChI=1S/C14H28N2O/c1-3-12(10-15)14(17)16-11(2)13-8-6-4-5-7-9-13/h11-13H,3-10,15H2,1-2H3,(H,16,17)/t11-,12?/m0/s1. The summed E-state index contributed by atoms with van der Waals surface area (Å²) in [6.45, 7) is 4.63. The summed E-state index contributed by atoms with van der Waals surface area (Å²) < 4.78 is 0. The van der Waals surface area contributed by atoms with E-state index in [2.05, 4.69) is 12.2 Å². The highest BCUT2D eigenvalue weighted by Gasteiger charge is 2.23. The molecule has 1 unspecified atom stereocenters. The molecule has 0 saturated heterocycles. The number of nitrogens with two attached hydrogens (primary N) is 1. The normalized spacial score (nSPS) is 21.6. The summed E-state index contributed by atoms with van der Waals surface area (Å²) in [5, 5.41) is 3.16. The van der Waals surface area contributed by atoms with Crippen LogP contribution in [-0.4, -0.2) is 18.5 Å². The summed E-state index contributed by atoms with van der Waals surface area (Å²) in [6, 6.07) is 0.307. The summed E-state index contributed by atoms with van der Waals surface area (Å²) in [5.74, 6) is 0.798. The largest absolute Gasteiger partial charge is 0.353 e. The van der Waals surface area contributed by atoms with Crippen LogP contribution in [0.15, 0.2) is 0 Å². The quantitative estimate of drug-likeness (QED) is 0.725. The Morgan fingerprint density at radius 2 is 1.88 bits per heavy atom. The van der Waals surface area contributed by atoms with Gasteiger partial charge in [0.1, 0.15) is 0 Å². The number of amides is 1. The van der Waals surface area contributed by atoms with Gasteiger partial charge in [-0.15, -0.1) is 0 Å². The Hall–Kier alpha value is -0.570. The Morgan fingerprint density at radius 3 is 2.35 bits per heavy atom. The van der Waals surface area contributed by atoms with E-state index in [1.807, 2.05) is 6.92 Å². The molecule has 0 aromatic heterocycles. The molecule has 1 aliphatic carbocycles. The monoisotopic (exact) mass is 240 g/mol. The molecule has 3 nitrogen and oxygen atoms in total. The topological polar surface area (TPSA) is 55.1 Å². The Labute approximate surface area is 106 Å². The van der Waals surface area contributed by atoms with Crippen LogP contribution in [0.2, 0.25) is 0 Å². The molecule has 3 N–H and O–H groups in total. The van der Waals surface area contributed by atoms with E-state index in [0.29, 0.717) is 18.5 Å². The molecule has 0 aliphatic heterocycles. The van der Waals surface area contributed by atoms with E-state index in [-0.39, 0.29) is 11.8 Å². The van der Waals surface area contributed by atoms with Crippen LogP contribution in [-0.2, 0) is 4.79 Å². The highest BCUT2D eigenvalue weighted by molar-refractivity contribution is 5.79. The highest BCUT2D eigenvalue weighted by Crippen LogP contribution is 2.25. The maximum absolute atomic E-state index is 12.0. The molecule has 0 bridgehead atoms. The predicted octanol–water partition coefficient (Wildman–Crippen LogP) is 2.45. The maximum atomic E-state index is 12.0. The molecule has 0 heterocycles.